The zero-order chi connectivity index (χ0) is 14.5. The fourth-order valence-corrected chi connectivity index (χ4v) is 3.84. The maximum atomic E-state index is 12.4. The Hall–Kier alpha value is -1.06. The van der Waals surface area contributed by atoms with Crippen LogP contribution < -0.4 is 5.32 Å². The van der Waals surface area contributed by atoms with Crippen LogP contribution in [-0.2, 0) is 9.59 Å². The van der Waals surface area contributed by atoms with E-state index in [2.05, 4.69) is 12.2 Å². The molecule has 20 heavy (non-hydrogen) atoms. The number of aliphatic carboxylic acids is 1. The molecule has 0 aromatic carbocycles. The number of nitrogens with one attached hydrogen (secondary N) is 1. The van der Waals surface area contributed by atoms with Crippen LogP contribution in [0, 0.1) is 17.8 Å². The average molecular weight is 281 g/mol. The third-order valence-corrected chi connectivity index (χ3v) is 5.13. The van der Waals surface area contributed by atoms with E-state index in [1.165, 1.54) is 19.3 Å². The first-order valence-corrected chi connectivity index (χ1v) is 8.15. The Morgan fingerprint density at radius 3 is 2.40 bits per heavy atom. The lowest BCUT2D eigenvalue weighted by atomic mass is 9.78. The lowest BCUT2D eigenvalue weighted by molar-refractivity contribution is -0.149. The topological polar surface area (TPSA) is 66.4 Å². The zero-order valence-electron chi connectivity index (χ0n) is 12.4. The molecule has 0 radical (unpaired) electrons. The van der Waals surface area contributed by atoms with Crippen LogP contribution >= 0.6 is 0 Å². The van der Waals surface area contributed by atoms with Crippen molar-refractivity contribution in [3.05, 3.63) is 0 Å². The second-order valence-corrected chi connectivity index (χ2v) is 6.48. The Bertz CT molecular complexity index is 356. The van der Waals surface area contributed by atoms with Gasteiger partial charge in [-0.15, -0.1) is 0 Å². The van der Waals surface area contributed by atoms with E-state index in [4.69, 9.17) is 0 Å². The largest absolute Gasteiger partial charge is 0.481 e. The molecule has 4 heteroatoms. The predicted octanol–water partition coefficient (Wildman–Crippen LogP) is 2.96. The number of carbonyl (C=O) groups excluding carboxylic acids is 1. The monoisotopic (exact) mass is 281 g/mol. The van der Waals surface area contributed by atoms with Gasteiger partial charge in [0.2, 0.25) is 5.91 Å². The minimum atomic E-state index is -0.806. The van der Waals surface area contributed by atoms with E-state index in [-0.39, 0.29) is 17.9 Å². The van der Waals surface area contributed by atoms with Gasteiger partial charge in [-0.2, -0.15) is 0 Å². The minimum absolute atomic E-state index is 0.0150. The molecule has 2 rings (SSSR count). The molecule has 0 aromatic heterocycles. The standard InChI is InChI=1S/C16H27NO3/c1-2-11-6-5-7-12(10-11)17-15(18)13-8-3-4-9-14(13)16(19)20/h11-14H,2-10H2,1H3,(H,17,18)(H,19,20)/t11?,12?,13-,14+/m1/s1. The zero-order valence-corrected chi connectivity index (χ0v) is 12.4. The van der Waals surface area contributed by atoms with Crippen molar-refractivity contribution >= 4 is 11.9 Å². The highest BCUT2D eigenvalue weighted by Gasteiger charge is 2.36. The average Bonchev–Trinajstić information content (AvgIpc) is 2.47. The molecule has 0 bridgehead atoms. The number of carboxylic acid groups (broad SMARTS) is 1. The van der Waals surface area contributed by atoms with Gasteiger partial charge < -0.3 is 10.4 Å². The summed E-state index contributed by atoms with van der Waals surface area (Å²) in [6, 6.07) is 0.262. The molecule has 2 fully saturated rings. The molecule has 2 unspecified atom stereocenters. The van der Waals surface area contributed by atoms with Crippen molar-refractivity contribution < 1.29 is 14.7 Å². The summed E-state index contributed by atoms with van der Waals surface area (Å²) in [7, 11) is 0. The van der Waals surface area contributed by atoms with Crippen molar-refractivity contribution in [2.75, 3.05) is 0 Å². The summed E-state index contributed by atoms with van der Waals surface area (Å²) in [6.45, 7) is 2.20. The molecule has 0 heterocycles. The Morgan fingerprint density at radius 2 is 1.75 bits per heavy atom. The number of carboxylic acids is 1. The Kier molecular flexibility index (Phi) is 5.44. The summed E-state index contributed by atoms with van der Waals surface area (Å²) < 4.78 is 0. The first kappa shape index (κ1) is 15.3. The van der Waals surface area contributed by atoms with E-state index in [9.17, 15) is 14.7 Å². The normalized spacial score (nSPS) is 34.5. The Labute approximate surface area is 121 Å². The summed E-state index contributed by atoms with van der Waals surface area (Å²) in [4.78, 5) is 23.7. The Balaban J connectivity index is 1.91. The van der Waals surface area contributed by atoms with Gasteiger partial charge in [-0.05, 0) is 31.6 Å². The number of hydrogen-bond donors (Lipinski definition) is 2. The van der Waals surface area contributed by atoms with E-state index < -0.39 is 11.9 Å². The van der Waals surface area contributed by atoms with Crippen LogP contribution in [0.2, 0.25) is 0 Å². The smallest absolute Gasteiger partial charge is 0.307 e. The summed E-state index contributed by atoms with van der Waals surface area (Å²) in [5, 5.41) is 12.4. The highest BCUT2D eigenvalue weighted by atomic mass is 16.4. The third-order valence-electron chi connectivity index (χ3n) is 5.13. The molecule has 2 aliphatic carbocycles. The van der Waals surface area contributed by atoms with Crippen molar-refractivity contribution in [1.82, 2.24) is 5.32 Å². The molecule has 1 amide bonds. The van der Waals surface area contributed by atoms with Gasteiger partial charge >= 0.3 is 5.97 Å². The van der Waals surface area contributed by atoms with Gasteiger partial charge in [0.1, 0.15) is 0 Å². The van der Waals surface area contributed by atoms with Crippen LogP contribution in [0.3, 0.4) is 0 Å². The van der Waals surface area contributed by atoms with Crippen LogP contribution in [0.5, 0.6) is 0 Å². The van der Waals surface area contributed by atoms with Crippen molar-refractivity contribution in [1.29, 1.82) is 0 Å². The summed E-state index contributed by atoms with van der Waals surface area (Å²) in [5.74, 6) is -0.896. The number of amides is 1. The van der Waals surface area contributed by atoms with Crippen LogP contribution in [-0.4, -0.2) is 23.0 Å². The molecule has 0 aliphatic heterocycles. The van der Waals surface area contributed by atoms with E-state index >= 15 is 0 Å². The van der Waals surface area contributed by atoms with E-state index in [1.807, 2.05) is 0 Å². The molecular formula is C16H27NO3. The SMILES string of the molecule is CCC1CCCC(NC(=O)[C@@H]2CCCC[C@@H]2C(=O)O)C1. The third kappa shape index (κ3) is 3.74. The number of rotatable bonds is 4. The van der Waals surface area contributed by atoms with E-state index in [1.54, 1.807) is 0 Å². The first-order valence-electron chi connectivity index (χ1n) is 8.15. The van der Waals surface area contributed by atoms with Gasteiger partial charge in [0.25, 0.3) is 0 Å². The van der Waals surface area contributed by atoms with Crippen molar-refractivity contribution in [2.24, 2.45) is 17.8 Å². The van der Waals surface area contributed by atoms with Crippen LogP contribution in [0.4, 0.5) is 0 Å². The van der Waals surface area contributed by atoms with Crippen LogP contribution in [0.25, 0.3) is 0 Å². The van der Waals surface area contributed by atoms with Gasteiger partial charge in [-0.3, -0.25) is 9.59 Å². The van der Waals surface area contributed by atoms with Gasteiger partial charge in [-0.1, -0.05) is 39.0 Å². The molecule has 2 N–H and O–H groups in total. The molecule has 4 atom stereocenters. The van der Waals surface area contributed by atoms with Gasteiger partial charge in [0.05, 0.1) is 11.8 Å². The second kappa shape index (κ2) is 7.09. The fourth-order valence-electron chi connectivity index (χ4n) is 3.84. The van der Waals surface area contributed by atoms with Crippen LogP contribution in [0.1, 0.15) is 64.7 Å². The van der Waals surface area contributed by atoms with E-state index in [0.717, 1.165) is 38.0 Å². The van der Waals surface area contributed by atoms with Crippen LogP contribution in [0.15, 0.2) is 0 Å². The number of hydrogen-bond acceptors (Lipinski definition) is 2. The quantitative estimate of drug-likeness (QED) is 0.832. The summed E-state index contributed by atoms with van der Waals surface area (Å²) in [6.07, 6.45) is 9.02. The van der Waals surface area contributed by atoms with Gasteiger partial charge in [0.15, 0.2) is 0 Å². The predicted molar refractivity (Wildman–Crippen MR) is 77.3 cm³/mol. The summed E-state index contributed by atoms with van der Waals surface area (Å²) >= 11 is 0. The highest BCUT2D eigenvalue weighted by molar-refractivity contribution is 5.85. The molecular weight excluding hydrogens is 254 g/mol. The van der Waals surface area contributed by atoms with Gasteiger partial charge in [0, 0.05) is 6.04 Å². The van der Waals surface area contributed by atoms with Gasteiger partial charge in [-0.25, -0.2) is 0 Å². The highest BCUT2D eigenvalue weighted by Crippen LogP contribution is 2.32. The molecule has 114 valence electrons. The molecule has 2 aliphatic rings. The maximum Gasteiger partial charge on any atom is 0.307 e. The molecule has 2 saturated carbocycles. The Morgan fingerprint density at radius 1 is 1.05 bits per heavy atom. The molecule has 4 nitrogen and oxygen atoms in total. The summed E-state index contributed by atoms with van der Waals surface area (Å²) in [5.41, 5.74) is 0. The fraction of sp³-hybridized carbons (Fsp3) is 0.875. The lowest BCUT2D eigenvalue weighted by Gasteiger charge is -2.33. The number of carbonyl (C=O) groups is 2. The maximum absolute atomic E-state index is 12.4. The molecule has 0 saturated heterocycles. The van der Waals surface area contributed by atoms with Crippen molar-refractivity contribution in [2.45, 2.75) is 70.8 Å². The first-order chi connectivity index (χ1) is 9.61. The van der Waals surface area contributed by atoms with E-state index in [0.29, 0.717) is 6.42 Å². The molecule has 0 spiro atoms. The van der Waals surface area contributed by atoms with Crippen molar-refractivity contribution in [3.63, 3.8) is 0 Å². The lowest BCUT2D eigenvalue weighted by Crippen LogP contribution is -2.45. The van der Waals surface area contributed by atoms with Crippen molar-refractivity contribution in [3.8, 4) is 0 Å². The molecule has 0 aromatic rings. The minimum Gasteiger partial charge on any atom is -0.481 e. The second-order valence-electron chi connectivity index (χ2n) is 6.48.